The van der Waals surface area contributed by atoms with Crippen LogP contribution in [0.25, 0.3) is 0 Å². The molecule has 1 unspecified atom stereocenters. The molecule has 4 aliphatic heterocycles. The number of thioether (sulfide) groups is 1. The summed E-state index contributed by atoms with van der Waals surface area (Å²) in [6, 6.07) is 8.56. The van der Waals surface area contributed by atoms with Crippen LogP contribution in [-0.2, 0) is 20.9 Å². The first-order valence-corrected chi connectivity index (χ1v) is 15.3. The van der Waals surface area contributed by atoms with Gasteiger partial charge in [0.2, 0.25) is 17.7 Å². The minimum absolute atomic E-state index is 0.00167. The first-order chi connectivity index (χ1) is 18.8. The van der Waals surface area contributed by atoms with E-state index in [1.807, 2.05) is 52.3 Å². The first kappa shape index (κ1) is 28.9. The topological polar surface area (TPSA) is 81.2 Å². The molecule has 2 saturated heterocycles. The van der Waals surface area contributed by atoms with Gasteiger partial charge in [0, 0.05) is 30.4 Å². The smallest absolute Gasteiger partial charge is 0.247 e. The molecule has 5 rings (SSSR count). The summed E-state index contributed by atoms with van der Waals surface area (Å²) in [5.41, 5.74) is 0.588. The molecule has 0 bridgehead atoms. The number of carbonyl (C=O) groups is 3. The number of likely N-dealkylation sites (tertiary alicyclic amines) is 1. The maximum Gasteiger partial charge on any atom is 0.247 e. The Balaban J connectivity index is 1.56. The lowest BCUT2D eigenvalue weighted by atomic mass is 9.77. The molecule has 1 aromatic rings. The number of rotatable bonds is 6. The molecule has 1 N–H and O–H groups in total. The van der Waals surface area contributed by atoms with Crippen LogP contribution in [0.15, 0.2) is 54.6 Å². The highest BCUT2D eigenvalue weighted by molar-refractivity contribution is 8.02. The zero-order valence-electron chi connectivity index (χ0n) is 24.5. The molecule has 0 radical (unpaired) electrons. The van der Waals surface area contributed by atoms with Gasteiger partial charge in [0.15, 0.2) is 0 Å². The Bertz CT molecular complexity index is 1220. The third kappa shape index (κ3) is 4.81. The second-order valence-corrected chi connectivity index (χ2v) is 15.1. The molecule has 8 heteroatoms. The van der Waals surface area contributed by atoms with E-state index < -0.39 is 34.2 Å². The number of benzene rings is 1. The van der Waals surface area contributed by atoms with E-state index in [4.69, 9.17) is 0 Å². The fourth-order valence-corrected chi connectivity index (χ4v) is 9.57. The van der Waals surface area contributed by atoms with Crippen molar-refractivity contribution >= 4 is 29.5 Å². The Morgan fingerprint density at radius 1 is 1.00 bits per heavy atom. The van der Waals surface area contributed by atoms with E-state index in [1.54, 1.807) is 23.6 Å². The Morgan fingerprint density at radius 2 is 1.70 bits per heavy atom. The highest BCUT2D eigenvalue weighted by Crippen LogP contribution is 2.61. The number of hydrogen-bond acceptors (Lipinski definition) is 5. The van der Waals surface area contributed by atoms with Crippen LogP contribution in [0.3, 0.4) is 0 Å². The van der Waals surface area contributed by atoms with Gasteiger partial charge in [-0.25, -0.2) is 0 Å². The van der Waals surface area contributed by atoms with Crippen LogP contribution in [0.2, 0.25) is 0 Å². The monoisotopic (exact) mass is 565 g/mol. The zero-order chi connectivity index (χ0) is 29.0. The molecule has 0 aromatic heterocycles. The highest BCUT2D eigenvalue weighted by atomic mass is 32.2. The summed E-state index contributed by atoms with van der Waals surface area (Å²) < 4.78 is -0.880. The summed E-state index contributed by atoms with van der Waals surface area (Å²) in [5.74, 6) is -1.61. The van der Waals surface area contributed by atoms with Crippen LogP contribution in [0, 0.1) is 17.3 Å². The van der Waals surface area contributed by atoms with E-state index in [-0.39, 0.29) is 35.0 Å². The van der Waals surface area contributed by atoms with Gasteiger partial charge in [-0.3, -0.25) is 14.4 Å². The Hall–Kier alpha value is -2.58. The van der Waals surface area contributed by atoms with Crippen molar-refractivity contribution in [3.63, 3.8) is 0 Å². The summed E-state index contributed by atoms with van der Waals surface area (Å²) in [7, 11) is 0. The Kier molecular flexibility index (Phi) is 7.49. The predicted molar refractivity (Wildman–Crippen MR) is 158 cm³/mol. The van der Waals surface area contributed by atoms with E-state index in [0.29, 0.717) is 19.6 Å². The third-order valence-corrected chi connectivity index (χ3v) is 10.6. The van der Waals surface area contributed by atoms with Crippen molar-refractivity contribution in [3.05, 3.63) is 60.2 Å². The number of aliphatic hydroxyl groups is 1. The number of hydrogen-bond donors (Lipinski definition) is 1. The number of aliphatic hydroxyl groups excluding tert-OH is 1. The number of fused-ring (bicyclic) bond motifs is 2. The van der Waals surface area contributed by atoms with Crippen LogP contribution in [-0.4, -0.2) is 84.8 Å². The van der Waals surface area contributed by atoms with Crippen molar-refractivity contribution in [1.82, 2.24) is 14.7 Å². The van der Waals surface area contributed by atoms with Crippen molar-refractivity contribution < 1.29 is 19.5 Å². The standard InChI is InChI=1S/C32H43N3O4S/c1-21(19-36)35-26-29(39)34(31(5,6)20-30(2,3)4)17-11-15-32(26)25(28(35)38)24-23(40-32)14-10-16-33(27(24)37)18-22-12-8-7-9-13-22/h7-15,21,23-26,36H,16-20H2,1-6H3/t21-,23-,24+,25+,26?,32+/m1/s1. The van der Waals surface area contributed by atoms with E-state index in [9.17, 15) is 19.5 Å². The molecule has 7 nitrogen and oxygen atoms in total. The van der Waals surface area contributed by atoms with Crippen LogP contribution in [0.4, 0.5) is 0 Å². The van der Waals surface area contributed by atoms with Crippen LogP contribution in [0.5, 0.6) is 0 Å². The van der Waals surface area contributed by atoms with Gasteiger partial charge in [0.1, 0.15) is 6.04 Å². The van der Waals surface area contributed by atoms with Crippen LogP contribution < -0.4 is 0 Å². The van der Waals surface area contributed by atoms with Crippen molar-refractivity contribution in [2.75, 3.05) is 19.7 Å². The number of carbonyl (C=O) groups excluding carboxylic acids is 3. The molecule has 6 atom stereocenters. The molecule has 216 valence electrons. The van der Waals surface area contributed by atoms with E-state index in [1.165, 1.54) is 0 Å². The lowest BCUT2D eigenvalue weighted by molar-refractivity contribution is -0.149. The largest absolute Gasteiger partial charge is 0.394 e. The van der Waals surface area contributed by atoms with Gasteiger partial charge in [-0.1, -0.05) is 75.4 Å². The van der Waals surface area contributed by atoms with E-state index in [2.05, 4.69) is 46.8 Å². The third-order valence-electron chi connectivity index (χ3n) is 8.83. The fraction of sp³-hybridized carbons (Fsp3) is 0.594. The molecule has 0 aliphatic carbocycles. The summed E-state index contributed by atoms with van der Waals surface area (Å²) in [5, 5.41) is 10.00. The molecule has 4 heterocycles. The summed E-state index contributed by atoms with van der Waals surface area (Å²) in [4.78, 5) is 48.6. The van der Waals surface area contributed by atoms with Crippen molar-refractivity contribution in [2.45, 2.75) is 82.1 Å². The molecule has 1 spiro atoms. The molecular formula is C32H43N3O4S. The molecular weight excluding hydrogens is 522 g/mol. The normalized spacial score (nSPS) is 31.2. The molecule has 4 aliphatic rings. The fourth-order valence-electron chi connectivity index (χ4n) is 7.57. The lowest BCUT2D eigenvalue weighted by Gasteiger charge is -2.45. The van der Waals surface area contributed by atoms with Crippen LogP contribution in [0.1, 0.15) is 53.5 Å². The maximum atomic E-state index is 14.6. The predicted octanol–water partition coefficient (Wildman–Crippen LogP) is 3.88. The minimum Gasteiger partial charge on any atom is -0.394 e. The molecule has 3 amide bonds. The van der Waals surface area contributed by atoms with Gasteiger partial charge in [0.25, 0.3) is 0 Å². The second kappa shape index (κ2) is 10.4. The van der Waals surface area contributed by atoms with Gasteiger partial charge < -0.3 is 19.8 Å². The quantitative estimate of drug-likeness (QED) is 0.530. The number of amides is 3. The van der Waals surface area contributed by atoms with Crippen molar-refractivity contribution in [2.24, 2.45) is 17.3 Å². The van der Waals surface area contributed by atoms with Gasteiger partial charge in [-0.05, 0) is 38.2 Å². The number of nitrogens with zero attached hydrogens (tertiary/aromatic N) is 3. The SMILES string of the molecule is C[C@H](CO)N1C(=O)[C@@H]2[C@H]3C(=O)N(Cc4ccccc4)CC=C[C@H]3S[C@@]23C=CCN(C(C)(C)CC(C)(C)C)C(=O)C13. The van der Waals surface area contributed by atoms with E-state index >= 15 is 0 Å². The van der Waals surface area contributed by atoms with Gasteiger partial charge in [0.05, 0.1) is 29.2 Å². The maximum absolute atomic E-state index is 14.6. The van der Waals surface area contributed by atoms with Gasteiger partial charge in [-0.15, -0.1) is 11.8 Å². The molecule has 2 fully saturated rings. The average Bonchev–Trinajstić information content (AvgIpc) is 3.20. The lowest BCUT2D eigenvalue weighted by Crippen LogP contribution is -2.60. The Labute approximate surface area is 242 Å². The second-order valence-electron chi connectivity index (χ2n) is 13.7. The van der Waals surface area contributed by atoms with Crippen LogP contribution >= 0.6 is 11.8 Å². The van der Waals surface area contributed by atoms with Gasteiger partial charge in [-0.2, -0.15) is 0 Å². The molecule has 40 heavy (non-hydrogen) atoms. The molecule has 0 saturated carbocycles. The average molecular weight is 566 g/mol. The summed E-state index contributed by atoms with van der Waals surface area (Å²) >= 11 is 1.59. The Morgan fingerprint density at radius 3 is 2.35 bits per heavy atom. The summed E-state index contributed by atoms with van der Waals surface area (Å²) in [6.45, 7) is 13.6. The highest BCUT2D eigenvalue weighted by Gasteiger charge is 2.71. The summed E-state index contributed by atoms with van der Waals surface area (Å²) in [6.07, 6.45) is 8.98. The van der Waals surface area contributed by atoms with Crippen molar-refractivity contribution in [3.8, 4) is 0 Å². The van der Waals surface area contributed by atoms with Crippen molar-refractivity contribution in [1.29, 1.82) is 0 Å². The zero-order valence-corrected chi connectivity index (χ0v) is 25.4. The minimum atomic E-state index is -0.880. The van der Waals surface area contributed by atoms with Gasteiger partial charge >= 0.3 is 0 Å². The van der Waals surface area contributed by atoms with E-state index in [0.717, 1.165) is 12.0 Å². The first-order valence-electron chi connectivity index (χ1n) is 14.4. The molecule has 1 aromatic carbocycles.